The molecule has 2 amide bonds. The largest absolute Gasteiger partial charge is 0.490 e. The number of piperazine rings is 1. The predicted octanol–water partition coefficient (Wildman–Crippen LogP) is 4.57. The third kappa shape index (κ3) is 9.59. The molecule has 6 rings (SSSR count). The number of fused-ring (bicyclic) bond motifs is 1. The van der Waals surface area contributed by atoms with Crippen LogP contribution in [0.1, 0.15) is 42.6 Å². The van der Waals surface area contributed by atoms with Gasteiger partial charge in [0, 0.05) is 59.3 Å². The van der Waals surface area contributed by atoms with Gasteiger partial charge in [-0.1, -0.05) is 29.8 Å². The topological polar surface area (TPSA) is 153 Å². The van der Waals surface area contributed by atoms with E-state index in [1.54, 1.807) is 71.3 Å². The number of aliphatic hydroxyl groups excluding tert-OH is 2. The summed E-state index contributed by atoms with van der Waals surface area (Å²) in [5.74, 6) is -0.610. The van der Waals surface area contributed by atoms with Gasteiger partial charge in [-0.15, -0.1) is 11.3 Å². The lowest BCUT2D eigenvalue weighted by atomic mass is 9.92. The first kappa shape index (κ1) is 39.6. The van der Waals surface area contributed by atoms with Crippen LogP contribution in [0.3, 0.4) is 0 Å². The summed E-state index contributed by atoms with van der Waals surface area (Å²) in [6.45, 7) is 2.70. The van der Waals surface area contributed by atoms with Crippen LogP contribution in [0.4, 0.5) is 13.2 Å². The summed E-state index contributed by atoms with van der Waals surface area (Å²) in [6.07, 6.45) is -3.33. The molecule has 2 aliphatic heterocycles. The zero-order chi connectivity index (χ0) is 38.6. The number of carbonyl (C=O) groups excluding carboxylic acids is 2. The SMILES string of the molecule is CC(C)(c1ncc(-c2ccc(Cl)cc2)o1)N1CCN(C[C@@H](O)C[C@H](Cc2cncs2)C(=O)N[C@H]2c3ccccc3OC[C@H]2O)[C@H](C(=O)NCC(F)(F)F)C1. The van der Waals surface area contributed by atoms with Crippen molar-refractivity contribution in [1.29, 1.82) is 0 Å². The second-order valence-corrected chi connectivity index (χ2v) is 15.5. The van der Waals surface area contributed by atoms with Crippen molar-refractivity contribution in [2.24, 2.45) is 5.92 Å². The van der Waals surface area contributed by atoms with Crippen LogP contribution in [0.5, 0.6) is 5.75 Å². The fraction of sp³-hybridized carbons (Fsp3) is 0.459. The molecule has 17 heteroatoms. The van der Waals surface area contributed by atoms with Gasteiger partial charge in [0.1, 0.15) is 31.0 Å². The number of para-hydroxylation sites is 1. The van der Waals surface area contributed by atoms with Gasteiger partial charge < -0.3 is 30.0 Å². The van der Waals surface area contributed by atoms with Crippen molar-refractivity contribution in [1.82, 2.24) is 30.4 Å². The van der Waals surface area contributed by atoms with Crippen LogP contribution >= 0.6 is 22.9 Å². The van der Waals surface area contributed by atoms with Gasteiger partial charge in [-0.3, -0.25) is 24.4 Å². The lowest BCUT2D eigenvalue weighted by molar-refractivity contribution is -0.144. The van der Waals surface area contributed by atoms with Gasteiger partial charge in [-0.2, -0.15) is 13.2 Å². The Hall–Kier alpha value is -4.06. The van der Waals surface area contributed by atoms with E-state index in [0.717, 1.165) is 10.4 Å². The number of hydrogen-bond donors (Lipinski definition) is 4. The van der Waals surface area contributed by atoms with Crippen molar-refractivity contribution < 1.29 is 42.1 Å². The van der Waals surface area contributed by atoms with Gasteiger partial charge in [0.05, 0.1) is 29.4 Å². The van der Waals surface area contributed by atoms with E-state index < -0.39 is 60.3 Å². The Labute approximate surface area is 319 Å². The van der Waals surface area contributed by atoms with E-state index in [9.17, 15) is 33.0 Å². The van der Waals surface area contributed by atoms with Crippen molar-refractivity contribution >= 4 is 34.8 Å². The highest BCUT2D eigenvalue weighted by atomic mass is 35.5. The Morgan fingerprint density at radius 3 is 2.59 bits per heavy atom. The first-order chi connectivity index (χ1) is 25.7. The molecule has 0 saturated carbocycles. The van der Waals surface area contributed by atoms with Crippen LogP contribution in [0.15, 0.2) is 70.9 Å². The summed E-state index contributed by atoms with van der Waals surface area (Å²) in [6, 6.07) is 12.3. The number of nitrogens with one attached hydrogen (secondary N) is 2. The van der Waals surface area contributed by atoms with Crippen LogP contribution in [0, 0.1) is 5.92 Å². The molecule has 54 heavy (non-hydrogen) atoms. The highest BCUT2D eigenvalue weighted by Crippen LogP contribution is 2.34. The lowest BCUT2D eigenvalue weighted by Gasteiger charge is -2.46. The van der Waals surface area contributed by atoms with Gasteiger partial charge in [-0.05, 0) is 57.0 Å². The molecule has 0 bridgehead atoms. The fourth-order valence-electron chi connectivity index (χ4n) is 6.88. The molecule has 5 atom stereocenters. The maximum Gasteiger partial charge on any atom is 0.405 e. The Kier molecular flexibility index (Phi) is 12.3. The van der Waals surface area contributed by atoms with E-state index >= 15 is 0 Å². The minimum absolute atomic E-state index is 0.00783. The van der Waals surface area contributed by atoms with Crippen molar-refractivity contribution in [3.63, 3.8) is 0 Å². The van der Waals surface area contributed by atoms with E-state index in [1.807, 2.05) is 24.1 Å². The number of halogens is 4. The molecule has 1 fully saturated rings. The van der Waals surface area contributed by atoms with Crippen molar-refractivity contribution in [3.8, 4) is 17.1 Å². The van der Waals surface area contributed by atoms with Gasteiger partial charge in [0.25, 0.3) is 0 Å². The number of carbonyl (C=O) groups is 2. The monoisotopic (exact) mass is 790 g/mol. The van der Waals surface area contributed by atoms with Crippen LogP contribution < -0.4 is 15.4 Å². The number of hydrogen-bond acceptors (Lipinski definition) is 11. The van der Waals surface area contributed by atoms with Gasteiger partial charge in [0.15, 0.2) is 5.76 Å². The van der Waals surface area contributed by atoms with Crippen LogP contribution in [0.25, 0.3) is 11.3 Å². The third-order valence-electron chi connectivity index (χ3n) is 9.86. The van der Waals surface area contributed by atoms with Gasteiger partial charge in [0.2, 0.25) is 17.7 Å². The van der Waals surface area contributed by atoms with E-state index in [-0.39, 0.29) is 39.1 Å². The number of ether oxygens (including phenoxy) is 1. The summed E-state index contributed by atoms with van der Waals surface area (Å²) in [5, 5.41) is 27.8. The normalized spacial score (nSPS) is 20.8. The molecule has 2 aromatic heterocycles. The average Bonchev–Trinajstić information content (AvgIpc) is 3.85. The number of amides is 2. The molecular formula is C37H42ClF3N6O6S. The van der Waals surface area contributed by atoms with E-state index in [2.05, 4.69) is 15.3 Å². The number of rotatable bonds is 13. The standard InChI is InChI=1S/C37H42ClF3N6O6S/c1-36(2,35-43-16-31(53-35)22-7-9-24(38)10-8-22)47-12-11-46(28(18-47)34(51)44-20-37(39,40)41)17-25(48)13-23(14-26-15-42-21-54-26)33(50)45-32-27-5-3-4-6-30(27)52-19-29(32)49/h3-10,15-16,21,23,25,28-29,32,48-49H,11-14,17-20H2,1-2H3,(H,44,51)(H,45,50)/t23-,25+,28+,29-,32+/m1/s1. The van der Waals surface area contributed by atoms with E-state index in [4.69, 9.17) is 20.8 Å². The smallest absolute Gasteiger partial charge is 0.405 e. The highest BCUT2D eigenvalue weighted by Gasteiger charge is 2.43. The summed E-state index contributed by atoms with van der Waals surface area (Å²) in [5.41, 5.74) is 2.15. The number of benzene rings is 2. The summed E-state index contributed by atoms with van der Waals surface area (Å²) >= 11 is 7.39. The minimum Gasteiger partial charge on any atom is -0.490 e. The molecular weight excluding hydrogens is 749 g/mol. The molecule has 0 spiro atoms. The molecule has 4 N–H and O–H groups in total. The van der Waals surface area contributed by atoms with Crippen molar-refractivity contribution in [2.45, 2.75) is 62.7 Å². The number of aromatic nitrogens is 2. The number of nitrogens with zero attached hydrogens (tertiary/aromatic N) is 4. The molecule has 4 aromatic rings. The number of β-amino-alcohol motifs (C(OH)–C–C–N with tert-alkyl or cyclic N) is 1. The Morgan fingerprint density at radius 1 is 1.11 bits per heavy atom. The molecule has 0 unspecified atom stereocenters. The lowest BCUT2D eigenvalue weighted by Crippen LogP contribution is -2.63. The fourth-order valence-corrected chi connectivity index (χ4v) is 7.68. The average molecular weight is 791 g/mol. The second kappa shape index (κ2) is 16.8. The van der Waals surface area contributed by atoms with Crippen LogP contribution in [-0.2, 0) is 21.5 Å². The van der Waals surface area contributed by atoms with Crippen molar-refractivity contribution in [2.75, 3.05) is 39.3 Å². The number of thiazole rings is 1. The van der Waals surface area contributed by atoms with E-state index in [0.29, 0.717) is 34.5 Å². The molecule has 0 radical (unpaired) electrons. The Balaban J connectivity index is 1.17. The highest BCUT2D eigenvalue weighted by molar-refractivity contribution is 7.09. The van der Waals surface area contributed by atoms with Crippen molar-refractivity contribution in [3.05, 3.63) is 87.8 Å². The van der Waals surface area contributed by atoms with Crippen LogP contribution in [-0.4, -0.2) is 106 Å². The number of oxazole rings is 1. The molecule has 0 aliphatic carbocycles. The molecule has 1 saturated heterocycles. The Bertz CT molecular complexity index is 1880. The minimum atomic E-state index is -4.63. The maximum absolute atomic E-state index is 13.9. The van der Waals surface area contributed by atoms with Gasteiger partial charge >= 0.3 is 6.18 Å². The molecule has 2 aromatic carbocycles. The Morgan fingerprint density at radius 2 is 1.87 bits per heavy atom. The first-order valence-corrected chi connectivity index (χ1v) is 18.7. The second-order valence-electron chi connectivity index (χ2n) is 14.0. The maximum atomic E-state index is 13.9. The molecule has 12 nitrogen and oxygen atoms in total. The summed E-state index contributed by atoms with van der Waals surface area (Å²) in [7, 11) is 0. The number of aliphatic hydroxyl groups is 2. The first-order valence-electron chi connectivity index (χ1n) is 17.5. The van der Waals surface area contributed by atoms with Gasteiger partial charge in [-0.25, -0.2) is 4.98 Å². The predicted molar refractivity (Wildman–Crippen MR) is 195 cm³/mol. The zero-order valence-corrected chi connectivity index (χ0v) is 31.2. The molecule has 2 aliphatic rings. The third-order valence-corrected chi connectivity index (χ3v) is 10.9. The van der Waals surface area contributed by atoms with Crippen LogP contribution in [0.2, 0.25) is 5.02 Å². The van der Waals surface area contributed by atoms with E-state index in [1.165, 1.54) is 11.3 Å². The number of alkyl halides is 3. The molecule has 290 valence electrons. The molecule has 4 heterocycles. The zero-order valence-electron chi connectivity index (χ0n) is 29.6. The quantitative estimate of drug-likeness (QED) is 0.152. The summed E-state index contributed by atoms with van der Waals surface area (Å²) < 4.78 is 51.4. The summed E-state index contributed by atoms with van der Waals surface area (Å²) in [4.78, 5) is 40.3.